The number of nitrogens with one attached hydrogen (secondary N) is 1. The Balaban J connectivity index is 2.23. The zero-order valence-corrected chi connectivity index (χ0v) is 13.2. The molecule has 0 heterocycles. The maximum atomic E-state index is 6.40. The van der Waals surface area contributed by atoms with Gasteiger partial charge in [0.15, 0.2) is 0 Å². The standard InChI is InChI=1S/C18H22ClN/c1-13(2)10-14-4-7-16(8-5-14)17-9-6-15(12-20-3)11-18(17)19/h4-9,11,13,20H,10,12H2,1-3H3. The fourth-order valence-electron chi connectivity index (χ4n) is 2.40. The SMILES string of the molecule is CNCc1ccc(-c2ccc(CC(C)C)cc2)c(Cl)c1. The first-order valence-electron chi connectivity index (χ1n) is 7.12. The van der Waals surface area contributed by atoms with Crippen molar-refractivity contribution in [2.75, 3.05) is 7.05 Å². The lowest BCUT2D eigenvalue weighted by atomic mass is 9.98. The zero-order chi connectivity index (χ0) is 14.5. The molecule has 0 aliphatic heterocycles. The predicted molar refractivity (Wildman–Crippen MR) is 88.2 cm³/mol. The van der Waals surface area contributed by atoms with E-state index in [1.807, 2.05) is 13.1 Å². The summed E-state index contributed by atoms with van der Waals surface area (Å²) < 4.78 is 0. The lowest BCUT2D eigenvalue weighted by Gasteiger charge is -2.09. The van der Waals surface area contributed by atoms with E-state index in [1.165, 1.54) is 16.7 Å². The van der Waals surface area contributed by atoms with Crippen LogP contribution in [-0.4, -0.2) is 7.05 Å². The van der Waals surface area contributed by atoms with Gasteiger partial charge in [-0.1, -0.05) is 61.8 Å². The Morgan fingerprint density at radius 1 is 1.00 bits per heavy atom. The molecule has 0 bridgehead atoms. The van der Waals surface area contributed by atoms with Gasteiger partial charge in [-0.2, -0.15) is 0 Å². The van der Waals surface area contributed by atoms with Crippen LogP contribution in [0.3, 0.4) is 0 Å². The maximum Gasteiger partial charge on any atom is 0.0487 e. The van der Waals surface area contributed by atoms with Crippen LogP contribution in [0.1, 0.15) is 25.0 Å². The summed E-state index contributed by atoms with van der Waals surface area (Å²) in [5.41, 5.74) is 4.87. The van der Waals surface area contributed by atoms with Gasteiger partial charge in [0.25, 0.3) is 0 Å². The van der Waals surface area contributed by atoms with Crippen LogP contribution in [-0.2, 0) is 13.0 Å². The molecule has 2 rings (SSSR count). The van der Waals surface area contributed by atoms with Gasteiger partial charge in [-0.05, 0) is 42.1 Å². The Labute approximate surface area is 127 Å². The number of hydrogen-bond donors (Lipinski definition) is 1. The van der Waals surface area contributed by atoms with Gasteiger partial charge in [0.2, 0.25) is 0 Å². The molecule has 0 spiro atoms. The first-order valence-corrected chi connectivity index (χ1v) is 7.50. The molecule has 1 N–H and O–H groups in total. The largest absolute Gasteiger partial charge is 0.316 e. The molecule has 0 aliphatic carbocycles. The lowest BCUT2D eigenvalue weighted by Crippen LogP contribution is -2.04. The topological polar surface area (TPSA) is 12.0 Å². The normalized spacial score (nSPS) is 11.1. The highest BCUT2D eigenvalue weighted by Crippen LogP contribution is 2.29. The Hall–Kier alpha value is -1.31. The smallest absolute Gasteiger partial charge is 0.0487 e. The van der Waals surface area contributed by atoms with E-state index in [0.29, 0.717) is 5.92 Å². The molecule has 2 aromatic carbocycles. The predicted octanol–water partition coefficient (Wildman–Crippen LogP) is 4.92. The van der Waals surface area contributed by atoms with Gasteiger partial charge in [0.1, 0.15) is 0 Å². The molecular formula is C18H22ClN. The van der Waals surface area contributed by atoms with Crippen LogP contribution < -0.4 is 5.32 Å². The molecule has 0 fully saturated rings. The molecule has 106 valence electrons. The van der Waals surface area contributed by atoms with Gasteiger partial charge in [-0.15, -0.1) is 0 Å². The molecular weight excluding hydrogens is 266 g/mol. The van der Waals surface area contributed by atoms with Crippen molar-refractivity contribution in [2.24, 2.45) is 5.92 Å². The summed E-state index contributed by atoms with van der Waals surface area (Å²) in [7, 11) is 1.94. The summed E-state index contributed by atoms with van der Waals surface area (Å²) in [5.74, 6) is 0.685. The monoisotopic (exact) mass is 287 g/mol. The third kappa shape index (κ3) is 3.84. The lowest BCUT2D eigenvalue weighted by molar-refractivity contribution is 0.647. The summed E-state index contributed by atoms with van der Waals surface area (Å²) in [6, 6.07) is 15.0. The van der Waals surface area contributed by atoms with Gasteiger partial charge < -0.3 is 5.32 Å². The molecule has 0 atom stereocenters. The minimum absolute atomic E-state index is 0.685. The van der Waals surface area contributed by atoms with Crippen molar-refractivity contribution in [3.63, 3.8) is 0 Å². The van der Waals surface area contributed by atoms with E-state index in [2.05, 4.69) is 55.6 Å². The fourth-order valence-corrected chi connectivity index (χ4v) is 2.71. The van der Waals surface area contributed by atoms with Gasteiger partial charge >= 0.3 is 0 Å². The van der Waals surface area contributed by atoms with E-state index in [4.69, 9.17) is 11.6 Å². The van der Waals surface area contributed by atoms with Crippen molar-refractivity contribution >= 4 is 11.6 Å². The molecule has 0 aliphatic rings. The van der Waals surface area contributed by atoms with E-state index >= 15 is 0 Å². The van der Waals surface area contributed by atoms with E-state index in [9.17, 15) is 0 Å². The third-order valence-corrected chi connectivity index (χ3v) is 3.64. The van der Waals surface area contributed by atoms with Gasteiger partial charge in [0.05, 0.1) is 0 Å². The average Bonchev–Trinajstić information content (AvgIpc) is 2.40. The van der Waals surface area contributed by atoms with Gasteiger partial charge in [0, 0.05) is 17.1 Å². The zero-order valence-electron chi connectivity index (χ0n) is 12.4. The first kappa shape index (κ1) is 15.1. The van der Waals surface area contributed by atoms with Crippen molar-refractivity contribution in [1.82, 2.24) is 5.32 Å². The minimum Gasteiger partial charge on any atom is -0.316 e. The Bertz CT molecular complexity index is 558. The molecule has 0 saturated carbocycles. The Morgan fingerprint density at radius 3 is 2.20 bits per heavy atom. The Kier molecular flexibility index (Phi) is 5.22. The third-order valence-electron chi connectivity index (χ3n) is 3.32. The number of hydrogen-bond acceptors (Lipinski definition) is 1. The maximum absolute atomic E-state index is 6.40. The number of halogens is 1. The van der Waals surface area contributed by atoms with E-state index in [1.54, 1.807) is 0 Å². The highest BCUT2D eigenvalue weighted by atomic mass is 35.5. The van der Waals surface area contributed by atoms with Crippen molar-refractivity contribution in [3.05, 3.63) is 58.6 Å². The van der Waals surface area contributed by atoms with E-state index in [-0.39, 0.29) is 0 Å². The minimum atomic E-state index is 0.685. The molecule has 0 radical (unpaired) electrons. The highest BCUT2D eigenvalue weighted by Gasteiger charge is 2.05. The van der Waals surface area contributed by atoms with Crippen molar-refractivity contribution < 1.29 is 0 Å². The molecule has 0 amide bonds. The second-order valence-corrected chi connectivity index (χ2v) is 6.05. The molecule has 0 saturated heterocycles. The second kappa shape index (κ2) is 6.92. The fraction of sp³-hybridized carbons (Fsp3) is 0.333. The molecule has 20 heavy (non-hydrogen) atoms. The highest BCUT2D eigenvalue weighted by molar-refractivity contribution is 6.33. The molecule has 0 unspecified atom stereocenters. The number of benzene rings is 2. The summed E-state index contributed by atoms with van der Waals surface area (Å²) >= 11 is 6.40. The van der Waals surface area contributed by atoms with Crippen LogP contribution in [0.2, 0.25) is 5.02 Å². The van der Waals surface area contributed by atoms with Crippen molar-refractivity contribution in [3.8, 4) is 11.1 Å². The van der Waals surface area contributed by atoms with Crippen molar-refractivity contribution in [2.45, 2.75) is 26.8 Å². The molecule has 1 nitrogen and oxygen atoms in total. The first-order chi connectivity index (χ1) is 9.60. The molecule has 0 aromatic heterocycles. The molecule has 2 heteroatoms. The van der Waals surface area contributed by atoms with Crippen LogP contribution in [0.25, 0.3) is 11.1 Å². The summed E-state index contributed by atoms with van der Waals surface area (Å²) in [6.45, 7) is 5.32. The Morgan fingerprint density at radius 2 is 1.65 bits per heavy atom. The van der Waals surface area contributed by atoms with Crippen LogP contribution in [0.5, 0.6) is 0 Å². The van der Waals surface area contributed by atoms with Gasteiger partial charge in [-0.25, -0.2) is 0 Å². The van der Waals surface area contributed by atoms with Crippen LogP contribution >= 0.6 is 11.6 Å². The number of rotatable bonds is 5. The summed E-state index contributed by atoms with van der Waals surface area (Å²) in [5, 5.41) is 3.95. The van der Waals surface area contributed by atoms with E-state index < -0.39 is 0 Å². The van der Waals surface area contributed by atoms with Crippen LogP contribution in [0.4, 0.5) is 0 Å². The quantitative estimate of drug-likeness (QED) is 0.822. The van der Waals surface area contributed by atoms with Crippen LogP contribution in [0, 0.1) is 5.92 Å². The second-order valence-electron chi connectivity index (χ2n) is 5.64. The summed E-state index contributed by atoms with van der Waals surface area (Å²) in [4.78, 5) is 0. The van der Waals surface area contributed by atoms with Gasteiger partial charge in [-0.3, -0.25) is 0 Å². The van der Waals surface area contributed by atoms with Crippen molar-refractivity contribution in [1.29, 1.82) is 0 Å². The van der Waals surface area contributed by atoms with E-state index in [0.717, 1.165) is 23.6 Å². The molecule has 2 aromatic rings. The average molecular weight is 288 g/mol. The van der Waals surface area contributed by atoms with Crippen LogP contribution in [0.15, 0.2) is 42.5 Å². The summed E-state index contributed by atoms with van der Waals surface area (Å²) in [6.07, 6.45) is 1.12.